The van der Waals surface area contributed by atoms with Gasteiger partial charge in [0.25, 0.3) is 0 Å². The Morgan fingerprint density at radius 3 is 2.83 bits per heavy atom. The van der Waals surface area contributed by atoms with Crippen molar-refractivity contribution in [2.24, 2.45) is 11.7 Å². The van der Waals surface area contributed by atoms with E-state index in [4.69, 9.17) is 10.5 Å². The molecule has 0 spiro atoms. The first-order valence-corrected chi connectivity index (χ1v) is 4.66. The van der Waals surface area contributed by atoms with Crippen molar-refractivity contribution in [1.82, 2.24) is 0 Å². The lowest BCUT2D eigenvalue weighted by molar-refractivity contribution is -0.145. The van der Waals surface area contributed by atoms with Crippen LogP contribution < -0.4 is 5.73 Å². The van der Waals surface area contributed by atoms with Crippen molar-refractivity contribution in [2.75, 3.05) is 6.61 Å². The maximum Gasteiger partial charge on any atom is 0.322 e. The molecule has 3 nitrogen and oxygen atoms in total. The Bertz CT molecular complexity index is 155. The van der Waals surface area contributed by atoms with Gasteiger partial charge < -0.3 is 10.5 Å². The Hall–Kier alpha value is -0.570. The van der Waals surface area contributed by atoms with Crippen LogP contribution in [-0.2, 0) is 9.53 Å². The second-order valence-electron chi connectivity index (χ2n) is 3.47. The molecule has 1 atom stereocenters. The first-order chi connectivity index (χ1) is 5.74. The van der Waals surface area contributed by atoms with Gasteiger partial charge in [0.2, 0.25) is 0 Å². The van der Waals surface area contributed by atoms with Gasteiger partial charge in [-0.15, -0.1) is 0 Å². The average molecular weight is 171 g/mol. The van der Waals surface area contributed by atoms with Gasteiger partial charge in [0, 0.05) is 0 Å². The predicted molar refractivity (Wildman–Crippen MR) is 46.6 cm³/mol. The van der Waals surface area contributed by atoms with Gasteiger partial charge in [0.05, 0.1) is 6.61 Å². The zero-order valence-electron chi connectivity index (χ0n) is 7.58. The SMILES string of the molecule is CCC[C@@H](N)C(=O)OCC1CC1. The van der Waals surface area contributed by atoms with E-state index in [9.17, 15) is 4.79 Å². The molecule has 70 valence electrons. The van der Waals surface area contributed by atoms with Crippen LogP contribution in [0.3, 0.4) is 0 Å². The number of nitrogens with two attached hydrogens (primary N) is 1. The van der Waals surface area contributed by atoms with E-state index in [2.05, 4.69) is 0 Å². The quantitative estimate of drug-likeness (QED) is 0.629. The minimum atomic E-state index is -0.409. The highest BCUT2D eigenvalue weighted by Crippen LogP contribution is 2.28. The van der Waals surface area contributed by atoms with Crippen molar-refractivity contribution in [3.63, 3.8) is 0 Å². The molecule has 0 amide bonds. The summed E-state index contributed by atoms with van der Waals surface area (Å²) in [6.07, 6.45) is 4.07. The summed E-state index contributed by atoms with van der Waals surface area (Å²) in [5.74, 6) is 0.395. The summed E-state index contributed by atoms with van der Waals surface area (Å²) in [6.45, 7) is 2.59. The standard InChI is InChI=1S/C9H17NO2/c1-2-3-8(10)9(11)12-6-7-4-5-7/h7-8H,2-6,10H2,1H3/t8-/m1/s1. The molecule has 1 aliphatic carbocycles. The van der Waals surface area contributed by atoms with Crippen molar-refractivity contribution in [3.05, 3.63) is 0 Å². The van der Waals surface area contributed by atoms with E-state index in [1.165, 1.54) is 12.8 Å². The van der Waals surface area contributed by atoms with Crippen molar-refractivity contribution >= 4 is 5.97 Å². The lowest BCUT2D eigenvalue weighted by Gasteiger charge is -2.09. The van der Waals surface area contributed by atoms with Crippen LogP contribution in [0.5, 0.6) is 0 Å². The molecule has 0 unspecified atom stereocenters. The Morgan fingerprint density at radius 2 is 2.33 bits per heavy atom. The second kappa shape index (κ2) is 4.45. The van der Waals surface area contributed by atoms with Crippen LogP contribution in [0, 0.1) is 5.92 Å². The Kier molecular flexibility index (Phi) is 3.53. The van der Waals surface area contributed by atoms with Gasteiger partial charge in [-0.25, -0.2) is 0 Å². The van der Waals surface area contributed by atoms with Gasteiger partial charge in [0.15, 0.2) is 0 Å². The molecule has 0 aromatic heterocycles. The van der Waals surface area contributed by atoms with E-state index in [-0.39, 0.29) is 5.97 Å². The molecule has 0 radical (unpaired) electrons. The highest BCUT2D eigenvalue weighted by atomic mass is 16.5. The molecule has 12 heavy (non-hydrogen) atoms. The van der Waals surface area contributed by atoms with Gasteiger partial charge >= 0.3 is 5.97 Å². The smallest absolute Gasteiger partial charge is 0.322 e. The third kappa shape index (κ3) is 3.22. The molecule has 0 bridgehead atoms. The molecule has 1 fully saturated rings. The van der Waals surface area contributed by atoms with E-state index in [1.54, 1.807) is 0 Å². The third-order valence-electron chi connectivity index (χ3n) is 2.06. The highest BCUT2D eigenvalue weighted by molar-refractivity contribution is 5.75. The molecule has 1 aliphatic rings. The minimum absolute atomic E-state index is 0.233. The topological polar surface area (TPSA) is 52.3 Å². The van der Waals surface area contributed by atoms with Gasteiger partial charge in [-0.05, 0) is 25.2 Å². The molecule has 1 saturated carbocycles. The molecule has 0 saturated heterocycles. The monoisotopic (exact) mass is 171 g/mol. The van der Waals surface area contributed by atoms with Crippen LogP contribution in [0.1, 0.15) is 32.6 Å². The van der Waals surface area contributed by atoms with Gasteiger partial charge in [0.1, 0.15) is 6.04 Å². The zero-order chi connectivity index (χ0) is 8.97. The number of hydrogen-bond acceptors (Lipinski definition) is 3. The highest BCUT2D eigenvalue weighted by Gasteiger charge is 2.24. The predicted octanol–water partition coefficient (Wildman–Crippen LogP) is 1.07. The van der Waals surface area contributed by atoms with E-state index in [1.807, 2.05) is 6.92 Å². The first-order valence-electron chi connectivity index (χ1n) is 4.66. The molecular weight excluding hydrogens is 154 g/mol. The van der Waals surface area contributed by atoms with Crippen LogP contribution in [0.2, 0.25) is 0 Å². The number of ether oxygens (including phenoxy) is 1. The second-order valence-corrected chi connectivity index (χ2v) is 3.47. The third-order valence-corrected chi connectivity index (χ3v) is 2.06. The van der Waals surface area contributed by atoms with Crippen LogP contribution >= 0.6 is 0 Å². The fourth-order valence-electron chi connectivity index (χ4n) is 1.02. The summed E-state index contributed by atoms with van der Waals surface area (Å²) in [5.41, 5.74) is 5.56. The molecule has 3 heteroatoms. The number of carbonyl (C=O) groups excluding carboxylic acids is 1. The van der Waals surface area contributed by atoms with Crippen LogP contribution in [-0.4, -0.2) is 18.6 Å². The molecule has 0 heterocycles. The van der Waals surface area contributed by atoms with Crippen LogP contribution in [0.15, 0.2) is 0 Å². The number of rotatable bonds is 5. The molecule has 1 rings (SSSR count). The van der Waals surface area contributed by atoms with E-state index in [0.717, 1.165) is 12.8 Å². The molecule has 0 aromatic carbocycles. The van der Waals surface area contributed by atoms with Crippen LogP contribution in [0.25, 0.3) is 0 Å². The number of esters is 1. The maximum atomic E-state index is 11.1. The Morgan fingerprint density at radius 1 is 1.67 bits per heavy atom. The fourth-order valence-corrected chi connectivity index (χ4v) is 1.02. The van der Waals surface area contributed by atoms with E-state index >= 15 is 0 Å². The summed E-state index contributed by atoms with van der Waals surface area (Å²) < 4.78 is 5.02. The van der Waals surface area contributed by atoms with Gasteiger partial charge in [-0.3, -0.25) is 4.79 Å². The van der Waals surface area contributed by atoms with Gasteiger partial charge in [-0.1, -0.05) is 13.3 Å². The fraction of sp³-hybridized carbons (Fsp3) is 0.889. The molecule has 0 aliphatic heterocycles. The molecule has 2 N–H and O–H groups in total. The van der Waals surface area contributed by atoms with Crippen molar-refractivity contribution in [2.45, 2.75) is 38.6 Å². The summed E-state index contributed by atoms with van der Waals surface area (Å²) in [5, 5.41) is 0. The van der Waals surface area contributed by atoms with Crippen molar-refractivity contribution in [1.29, 1.82) is 0 Å². The lowest BCUT2D eigenvalue weighted by atomic mass is 10.2. The van der Waals surface area contributed by atoms with E-state index in [0.29, 0.717) is 12.5 Å². The summed E-state index contributed by atoms with van der Waals surface area (Å²) in [6, 6.07) is -0.409. The minimum Gasteiger partial charge on any atom is -0.464 e. The maximum absolute atomic E-state index is 11.1. The van der Waals surface area contributed by atoms with Crippen LogP contribution in [0.4, 0.5) is 0 Å². The first kappa shape index (κ1) is 9.52. The molecule has 0 aromatic rings. The molecular formula is C9H17NO2. The zero-order valence-corrected chi connectivity index (χ0v) is 7.58. The summed E-state index contributed by atoms with van der Waals surface area (Å²) in [4.78, 5) is 11.1. The Labute approximate surface area is 73.3 Å². The van der Waals surface area contributed by atoms with E-state index < -0.39 is 6.04 Å². The van der Waals surface area contributed by atoms with Crippen molar-refractivity contribution < 1.29 is 9.53 Å². The number of hydrogen-bond donors (Lipinski definition) is 1. The summed E-state index contributed by atoms with van der Waals surface area (Å²) >= 11 is 0. The normalized spacial score (nSPS) is 18.8. The van der Waals surface area contributed by atoms with Crippen molar-refractivity contribution in [3.8, 4) is 0 Å². The lowest BCUT2D eigenvalue weighted by Crippen LogP contribution is -2.32. The summed E-state index contributed by atoms with van der Waals surface area (Å²) in [7, 11) is 0. The van der Waals surface area contributed by atoms with Gasteiger partial charge in [-0.2, -0.15) is 0 Å². The largest absolute Gasteiger partial charge is 0.464 e. The Balaban J connectivity index is 2.07. The number of carbonyl (C=O) groups is 1. The average Bonchev–Trinajstić information content (AvgIpc) is 2.83.